The lowest BCUT2D eigenvalue weighted by molar-refractivity contribution is -0.291. The molecule has 37 heavy (non-hydrogen) atoms. The number of benzene rings is 2. The van der Waals surface area contributed by atoms with Gasteiger partial charge in [0.25, 0.3) is 0 Å². The molecule has 8 nitrogen and oxygen atoms in total. The lowest BCUT2D eigenvalue weighted by Crippen LogP contribution is -2.36. The number of carbonyl (C=O) groups excluding carboxylic acids is 1. The average Bonchev–Trinajstić information content (AvgIpc) is 3.27. The van der Waals surface area contributed by atoms with Crippen molar-refractivity contribution in [3.63, 3.8) is 0 Å². The van der Waals surface area contributed by atoms with Crippen LogP contribution >= 0.6 is 0 Å². The number of nitrogens with zero attached hydrogens (tertiary/aromatic N) is 4. The Morgan fingerprint density at radius 2 is 1.73 bits per heavy atom. The summed E-state index contributed by atoms with van der Waals surface area (Å²) in [5.41, 5.74) is 9.77. The van der Waals surface area contributed by atoms with Gasteiger partial charge in [-0.05, 0) is 48.9 Å². The maximum absolute atomic E-state index is 14.4. The van der Waals surface area contributed by atoms with Crippen molar-refractivity contribution in [3.8, 4) is 11.3 Å². The van der Waals surface area contributed by atoms with Crippen LogP contribution in [0.5, 0.6) is 0 Å². The maximum Gasteiger partial charge on any atom is 0.459 e. The van der Waals surface area contributed by atoms with E-state index in [0.717, 1.165) is 30.3 Å². The molecule has 4 N–H and O–H groups in total. The van der Waals surface area contributed by atoms with Gasteiger partial charge in [-0.25, -0.2) is 18.7 Å². The zero-order chi connectivity index (χ0) is 27.1. The van der Waals surface area contributed by atoms with Crippen molar-refractivity contribution in [3.05, 3.63) is 82.9 Å². The SMILES string of the molecule is Cc1c(N)cccc1/C(N)=N/OC(=O)c1cc2nc(-c3ccc(F)cc3)cc(C(F)(F)C(F)(F)F)n2n1. The normalized spacial score (nSPS) is 12.7. The zero-order valence-corrected chi connectivity index (χ0v) is 18.7. The van der Waals surface area contributed by atoms with Crippen molar-refractivity contribution in [1.29, 1.82) is 0 Å². The predicted molar refractivity (Wildman–Crippen MR) is 120 cm³/mol. The molecule has 192 valence electrons. The molecule has 0 unspecified atom stereocenters. The van der Waals surface area contributed by atoms with Crippen molar-refractivity contribution in [2.24, 2.45) is 10.9 Å². The summed E-state index contributed by atoms with van der Waals surface area (Å²) in [6.45, 7) is 1.64. The zero-order valence-electron chi connectivity index (χ0n) is 18.7. The molecular weight excluding hydrogens is 506 g/mol. The number of nitrogen functional groups attached to an aromatic ring is 1. The van der Waals surface area contributed by atoms with Gasteiger partial charge in [0.15, 0.2) is 17.2 Å². The van der Waals surface area contributed by atoms with Crippen molar-refractivity contribution >= 4 is 23.1 Å². The monoisotopic (exact) mass is 522 g/mol. The van der Waals surface area contributed by atoms with Gasteiger partial charge in [-0.15, -0.1) is 0 Å². The van der Waals surface area contributed by atoms with Crippen molar-refractivity contribution in [1.82, 2.24) is 14.6 Å². The molecule has 0 saturated carbocycles. The third-order valence-electron chi connectivity index (χ3n) is 5.33. The fourth-order valence-corrected chi connectivity index (χ4v) is 3.33. The lowest BCUT2D eigenvalue weighted by Gasteiger charge is -2.21. The molecule has 4 rings (SSSR count). The topological polar surface area (TPSA) is 121 Å². The molecule has 2 aromatic heterocycles. The lowest BCUT2D eigenvalue weighted by atomic mass is 10.1. The molecule has 0 spiro atoms. The van der Waals surface area contributed by atoms with E-state index in [1.807, 2.05) is 0 Å². The van der Waals surface area contributed by atoms with E-state index in [0.29, 0.717) is 22.9 Å². The van der Waals surface area contributed by atoms with Gasteiger partial charge >= 0.3 is 18.1 Å². The minimum atomic E-state index is -6.00. The van der Waals surface area contributed by atoms with Gasteiger partial charge in [0.1, 0.15) is 11.5 Å². The van der Waals surface area contributed by atoms with Crippen LogP contribution < -0.4 is 11.5 Å². The summed E-state index contributed by atoms with van der Waals surface area (Å²) in [4.78, 5) is 21.2. The summed E-state index contributed by atoms with van der Waals surface area (Å²) in [6.07, 6.45) is -6.00. The Hall–Kier alpha value is -4.62. The molecule has 0 aliphatic heterocycles. The first-order chi connectivity index (χ1) is 17.3. The van der Waals surface area contributed by atoms with Crippen LogP contribution in [0.15, 0.2) is 59.8 Å². The average molecular weight is 522 g/mol. The van der Waals surface area contributed by atoms with Crippen LogP contribution in [0.4, 0.5) is 32.0 Å². The van der Waals surface area contributed by atoms with Crippen molar-refractivity contribution in [2.45, 2.75) is 19.0 Å². The van der Waals surface area contributed by atoms with Crippen LogP contribution in [0.25, 0.3) is 16.9 Å². The van der Waals surface area contributed by atoms with Gasteiger partial charge in [0, 0.05) is 22.9 Å². The number of hydrogen-bond donors (Lipinski definition) is 2. The molecule has 0 fully saturated rings. The Morgan fingerprint density at radius 1 is 1.05 bits per heavy atom. The molecule has 4 aromatic rings. The van der Waals surface area contributed by atoms with Gasteiger partial charge in [0.2, 0.25) is 0 Å². The second kappa shape index (κ2) is 9.11. The summed E-state index contributed by atoms with van der Waals surface area (Å²) in [7, 11) is 0. The molecule has 0 bridgehead atoms. The van der Waals surface area contributed by atoms with Gasteiger partial charge in [0.05, 0.1) is 5.69 Å². The number of rotatable bonds is 5. The number of aromatic nitrogens is 3. The third kappa shape index (κ3) is 4.77. The maximum atomic E-state index is 14.4. The molecule has 0 amide bonds. The van der Waals surface area contributed by atoms with Gasteiger partial charge in [-0.2, -0.15) is 27.1 Å². The van der Waals surface area contributed by atoms with Crippen LogP contribution in [-0.2, 0) is 10.8 Å². The van der Waals surface area contributed by atoms with Crippen LogP contribution in [0.1, 0.15) is 27.3 Å². The van der Waals surface area contributed by atoms with E-state index in [9.17, 15) is 31.1 Å². The molecule has 0 saturated heterocycles. The number of alkyl halides is 5. The van der Waals surface area contributed by atoms with E-state index >= 15 is 0 Å². The first-order valence-corrected chi connectivity index (χ1v) is 10.3. The Labute approximate surface area is 204 Å². The molecule has 2 heterocycles. The van der Waals surface area contributed by atoms with E-state index in [1.165, 1.54) is 0 Å². The highest BCUT2D eigenvalue weighted by Gasteiger charge is 2.60. The van der Waals surface area contributed by atoms with E-state index < -0.39 is 40.9 Å². The quantitative estimate of drug-likeness (QED) is 0.0991. The number of halogens is 6. The van der Waals surface area contributed by atoms with Crippen LogP contribution in [0.3, 0.4) is 0 Å². The van der Waals surface area contributed by atoms with E-state index in [1.54, 1.807) is 25.1 Å². The highest BCUT2D eigenvalue weighted by molar-refractivity contribution is 6.00. The minimum Gasteiger partial charge on any atom is -0.398 e. The third-order valence-corrected chi connectivity index (χ3v) is 5.33. The molecule has 0 atom stereocenters. The summed E-state index contributed by atoms with van der Waals surface area (Å²) < 4.78 is 82.0. The molecular formula is C23H16F6N6O2. The smallest absolute Gasteiger partial charge is 0.398 e. The van der Waals surface area contributed by atoms with E-state index in [-0.39, 0.29) is 21.6 Å². The first-order valence-electron chi connectivity index (χ1n) is 10.3. The van der Waals surface area contributed by atoms with Gasteiger partial charge in [-0.3, -0.25) is 0 Å². The van der Waals surface area contributed by atoms with Gasteiger partial charge < -0.3 is 16.3 Å². The number of oxime groups is 1. The molecule has 0 aliphatic carbocycles. The standard InChI is InChI=1S/C23H16F6N6O2/c1-11-14(3-2-4-15(11)30)20(31)34-37-21(36)17-10-19-32-16(12-5-7-13(24)8-6-12)9-18(35(19)33-17)22(25,26)23(27,28)29/h2-10H,30H2,1H3,(H2,31,34). The summed E-state index contributed by atoms with van der Waals surface area (Å²) in [5, 5.41) is 7.02. The Kier molecular flexibility index (Phi) is 6.27. The Morgan fingerprint density at radius 3 is 2.38 bits per heavy atom. The Bertz CT molecular complexity index is 1530. The Balaban J connectivity index is 1.77. The second-order valence-corrected chi connectivity index (χ2v) is 7.78. The fraction of sp³-hybridized carbons (Fsp3) is 0.130. The minimum absolute atomic E-state index is 0.0447. The van der Waals surface area contributed by atoms with Crippen LogP contribution in [0.2, 0.25) is 0 Å². The highest BCUT2D eigenvalue weighted by atomic mass is 19.4. The van der Waals surface area contributed by atoms with Gasteiger partial charge in [-0.1, -0.05) is 17.3 Å². The number of fused-ring (bicyclic) bond motifs is 1. The number of carbonyl (C=O) groups is 1. The molecule has 14 heteroatoms. The van der Waals surface area contributed by atoms with Crippen molar-refractivity contribution in [2.75, 3.05) is 5.73 Å². The van der Waals surface area contributed by atoms with E-state index in [2.05, 4.69) is 15.2 Å². The highest BCUT2D eigenvalue weighted by Crippen LogP contribution is 2.44. The summed E-state index contributed by atoms with van der Waals surface area (Å²) >= 11 is 0. The molecule has 2 aromatic carbocycles. The predicted octanol–water partition coefficient (Wildman–Crippen LogP) is 4.56. The number of anilines is 1. The molecule has 0 aliphatic rings. The van der Waals surface area contributed by atoms with E-state index in [4.69, 9.17) is 16.3 Å². The first kappa shape index (κ1) is 25.5. The number of amidine groups is 1. The summed E-state index contributed by atoms with van der Waals surface area (Å²) in [5.74, 6) is -7.60. The largest absolute Gasteiger partial charge is 0.459 e. The van der Waals surface area contributed by atoms with Crippen LogP contribution in [-0.4, -0.2) is 32.6 Å². The summed E-state index contributed by atoms with van der Waals surface area (Å²) in [6, 6.07) is 10.3. The number of hydrogen-bond acceptors (Lipinski definition) is 6. The van der Waals surface area contributed by atoms with Crippen molar-refractivity contribution < 1.29 is 36.0 Å². The number of nitrogens with two attached hydrogens (primary N) is 2. The molecule has 0 radical (unpaired) electrons. The second-order valence-electron chi connectivity index (χ2n) is 7.78. The van der Waals surface area contributed by atoms with Crippen LogP contribution in [0, 0.1) is 12.7 Å². The fourth-order valence-electron chi connectivity index (χ4n) is 3.33.